The number of halogens is 2. The van der Waals surface area contributed by atoms with E-state index in [0.717, 1.165) is 15.8 Å². The van der Waals surface area contributed by atoms with E-state index in [0.29, 0.717) is 0 Å². The molecule has 1 rings (SSSR count). The SMILES string of the molecule is CCC(Br)C(=O)c1sccc1Br. The highest BCUT2D eigenvalue weighted by Gasteiger charge is 2.18. The maximum absolute atomic E-state index is 11.6. The maximum atomic E-state index is 11.6. The molecule has 0 aliphatic heterocycles. The number of carbonyl (C=O) groups excluding carboxylic acids is 1. The van der Waals surface area contributed by atoms with Crippen molar-refractivity contribution in [1.82, 2.24) is 0 Å². The van der Waals surface area contributed by atoms with Gasteiger partial charge in [-0.2, -0.15) is 0 Å². The highest BCUT2D eigenvalue weighted by Crippen LogP contribution is 2.26. The van der Waals surface area contributed by atoms with E-state index in [1.807, 2.05) is 18.4 Å². The van der Waals surface area contributed by atoms with Crippen LogP contribution in [-0.4, -0.2) is 10.6 Å². The summed E-state index contributed by atoms with van der Waals surface area (Å²) in [6.45, 7) is 1.98. The largest absolute Gasteiger partial charge is 0.292 e. The molecule has 1 aromatic heterocycles. The van der Waals surface area contributed by atoms with Gasteiger partial charge in [0.15, 0.2) is 5.78 Å². The molecule has 1 aromatic rings. The van der Waals surface area contributed by atoms with Crippen LogP contribution in [0.25, 0.3) is 0 Å². The highest BCUT2D eigenvalue weighted by atomic mass is 79.9. The number of rotatable bonds is 3. The van der Waals surface area contributed by atoms with Gasteiger partial charge in [0.05, 0.1) is 9.70 Å². The summed E-state index contributed by atoms with van der Waals surface area (Å²) in [7, 11) is 0. The molecular formula is C8H8Br2OS. The number of hydrogen-bond donors (Lipinski definition) is 0. The summed E-state index contributed by atoms with van der Waals surface area (Å²) in [5.74, 6) is 0.166. The molecule has 0 N–H and O–H groups in total. The molecule has 0 spiro atoms. The van der Waals surface area contributed by atoms with Crippen molar-refractivity contribution in [3.8, 4) is 0 Å². The number of carbonyl (C=O) groups is 1. The zero-order valence-electron chi connectivity index (χ0n) is 6.51. The molecule has 0 aliphatic carbocycles. The standard InChI is InChI=1S/C8H8Br2OS/c1-2-5(9)7(11)8-6(10)3-4-12-8/h3-5H,2H2,1H3. The van der Waals surface area contributed by atoms with E-state index >= 15 is 0 Å². The average molecular weight is 312 g/mol. The summed E-state index contributed by atoms with van der Waals surface area (Å²) in [4.78, 5) is 12.3. The van der Waals surface area contributed by atoms with Crippen LogP contribution >= 0.6 is 43.2 Å². The summed E-state index contributed by atoms with van der Waals surface area (Å²) in [5, 5.41) is 1.91. The first-order chi connectivity index (χ1) is 5.66. The molecule has 0 bridgehead atoms. The first-order valence-electron chi connectivity index (χ1n) is 3.58. The van der Waals surface area contributed by atoms with Gasteiger partial charge < -0.3 is 0 Å². The number of ketones is 1. The Bertz CT molecular complexity index is 282. The van der Waals surface area contributed by atoms with E-state index < -0.39 is 0 Å². The van der Waals surface area contributed by atoms with Gasteiger partial charge >= 0.3 is 0 Å². The zero-order chi connectivity index (χ0) is 9.14. The van der Waals surface area contributed by atoms with Gasteiger partial charge in [0.25, 0.3) is 0 Å². The van der Waals surface area contributed by atoms with Crippen molar-refractivity contribution in [3.63, 3.8) is 0 Å². The van der Waals surface area contributed by atoms with Crippen molar-refractivity contribution in [2.24, 2.45) is 0 Å². The molecule has 1 nitrogen and oxygen atoms in total. The minimum absolute atomic E-state index is 0.0487. The lowest BCUT2D eigenvalue weighted by Gasteiger charge is -2.03. The minimum Gasteiger partial charge on any atom is -0.292 e. The van der Waals surface area contributed by atoms with Crippen LogP contribution in [-0.2, 0) is 0 Å². The second-order valence-electron chi connectivity index (χ2n) is 2.34. The Morgan fingerprint density at radius 1 is 1.75 bits per heavy atom. The van der Waals surface area contributed by atoms with Crippen molar-refractivity contribution < 1.29 is 4.79 Å². The van der Waals surface area contributed by atoms with Crippen LogP contribution in [0.2, 0.25) is 0 Å². The molecule has 1 unspecified atom stereocenters. The van der Waals surface area contributed by atoms with Crippen LogP contribution < -0.4 is 0 Å². The molecule has 0 fully saturated rings. The maximum Gasteiger partial charge on any atom is 0.187 e. The van der Waals surface area contributed by atoms with Crippen LogP contribution in [0.4, 0.5) is 0 Å². The molecule has 1 heterocycles. The van der Waals surface area contributed by atoms with Crippen LogP contribution in [0.5, 0.6) is 0 Å². The predicted molar refractivity (Wildman–Crippen MR) is 59.4 cm³/mol. The van der Waals surface area contributed by atoms with Gasteiger partial charge in [-0.05, 0) is 33.8 Å². The summed E-state index contributed by atoms with van der Waals surface area (Å²) >= 11 is 8.14. The van der Waals surface area contributed by atoms with Crippen molar-refractivity contribution in [2.75, 3.05) is 0 Å². The van der Waals surface area contributed by atoms with Crippen molar-refractivity contribution in [3.05, 3.63) is 20.8 Å². The summed E-state index contributed by atoms with van der Waals surface area (Å²) in [5.41, 5.74) is 0. The van der Waals surface area contributed by atoms with E-state index in [2.05, 4.69) is 31.9 Å². The smallest absolute Gasteiger partial charge is 0.187 e. The minimum atomic E-state index is -0.0487. The molecule has 1 atom stereocenters. The van der Waals surface area contributed by atoms with Gasteiger partial charge in [0.1, 0.15) is 0 Å². The Morgan fingerprint density at radius 3 is 2.83 bits per heavy atom. The van der Waals surface area contributed by atoms with E-state index in [-0.39, 0.29) is 10.6 Å². The molecule has 0 aromatic carbocycles. The van der Waals surface area contributed by atoms with Gasteiger partial charge in [0.2, 0.25) is 0 Å². The van der Waals surface area contributed by atoms with Gasteiger partial charge in [-0.25, -0.2) is 0 Å². The lowest BCUT2D eigenvalue weighted by atomic mass is 10.2. The Morgan fingerprint density at radius 2 is 2.42 bits per heavy atom. The van der Waals surface area contributed by atoms with Crippen LogP contribution in [0.15, 0.2) is 15.9 Å². The second-order valence-corrected chi connectivity index (χ2v) is 5.21. The van der Waals surface area contributed by atoms with Crippen molar-refractivity contribution >= 4 is 49.0 Å². The monoisotopic (exact) mass is 310 g/mol. The number of hydrogen-bond acceptors (Lipinski definition) is 2. The quantitative estimate of drug-likeness (QED) is 0.612. The van der Waals surface area contributed by atoms with Gasteiger partial charge in [-0.1, -0.05) is 22.9 Å². The number of thiophene rings is 1. The van der Waals surface area contributed by atoms with E-state index in [9.17, 15) is 4.79 Å². The summed E-state index contributed by atoms with van der Waals surface area (Å²) in [6.07, 6.45) is 0.823. The molecule has 0 aliphatic rings. The third kappa shape index (κ3) is 2.18. The predicted octanol–water partition coefficient (Wildman–Crippen LogP) is 3.87. The molecule has 0 radical (unpaired) electrons. The van der Waals surface area contributed by atoms with E-state index in [1.165, 1.54) is 11.3 Å². The molecule has 0 saturated carbocycles. The first kappa shape index (κ1) is 10.4. The average Bonchev–Trinajstić information content (AvgIpc) is 2.48. The van der Waals surface area contributed by atoms with Crippen molar-refractivity contribution in [2.45, 2.75) is 18.2 Å². The van der Waals surface area contributed by atoms with E-state index in [1.54, 1.807) is 0 Å². The third-order valence-corrected chi connectivity index (χ3v) is 4.40. The summed E-state index contributed by atoms with van der Waals surface area (Å²) < 4.78 is 0.899. The van der Waals surface area contributed by atoms with Crippen LogP contribution in [0.1, 0.15) is 23.0 Å². The lowest BCUT2D eigenvalue weighted by Crippen LogP contribution is -2.11. The van der Waals surface area contributed by atoms with Gasteiger partial charge in [-0.3, -0.25) is 4.79 Å². The normalized spacial score (nSPS) is 12.9. The zero-order valence-corrected chi connectivity index (χ0v) is 10.5. The fourth-order valence-electron chi connectivity index (χ4n) is 0.797. The molecule has 0 saturated heterocycles. The number of alkyl halides is 1. The molecule has 4 heteroatoms. The Hall–Kier alpha value is 0.330. The molecular weight excluding hydrogens is 304 g/mol. The second kappa shape index (κ2) is 4.53. The molecule has 66 valence electrons. The van der Waals surface area contributed by atoms with Gasteiger partial charge in [-0.15, -0.1) is 11.3 Å². The van der Waals surface area contributed by atoms with Crippen LogP contribution in [0.3, 0.4) is 0 Å². The Kier molecular flexibility index (Phi) is 3.93. The lowest BCUT2D eigenvalue weighted by molar-refractivity contribution is 0.0993. The van der Waals surface area contributed by atoms with Crippen molar-refractivity contribution in [1.29, 1.82) is 0 Å². The molecule has 0 amide bonds. The Labute approximate surface area is 92.4 Å². The highest BCUT2D eigenvalue weighted by molar-refractivity contribution is 9.10. The molecule has 12 heavy (non-hydrogen) atoms. The number of Topliss-reactive ketones (excluding diaryl/α,β-unsaturated/α-hetero) is 1. The topological polar surface area (TPSA) is 17.1 Å². The fourth-order valence-corrected chi connectivity index (χ4v) is 2.74. The van der Waals surface area contributed by atoms with E-state index in [4.69, 9.17) is 0 Å². The summed E-state index contributed by atoms with van der Waals surface area (Å²) in [6, 6.07) is 1.90. The van der Waals surface area contributed by atoms with Gasteiger partial charge in [0, 0.05) is 4.47 Å². The van der Waals surface area contributed by atoms with Crippen LogP contribution in [0, 0.1) is 0 Å². The third-order valence-electron chi connectivity index (χ3n) is 1.48. The first-order valence-corrected chi connectivity index (χ1v) is 6.17. The fraction of sp³-hybridized carbons (Fsp3) is 0.375. The Balaban J connectivity index is 2.85.